The molecule has 1 amide bonds. The summed E-state index contributed by atoms with van der Waals surface area (Å²) >= 11 is 0. The van der Waals surface area contributed by atoms with Crippen LogP contribution >= 0.6 is 0 Å². The molecule has 0 heterocycles. The number of hydrogen-bond donors (Lipinski definition) is 1. The molecule has 0 spiro atoms. The van der Waals surface area contributed by atoms with Crippen LogP contribution in [0.2, 0.25) is 0 Å². The number of rotatable bonds is 4. The summed E-state index contributed by atoms with van der Waals surface area (Å²) in [6.45, 7) is 2.49. The zero-order valence-corrected chi connectivity index (χ0v) is 9.84. The number of nitrogens with zero attached hydrogens (tertiary/aromatic N) is 2. The van der Waals surface area contributed by atoms with Crippen LogP contribution in [0.3, 0.4) is 0 Å². The van der Waals surface area contributed by atoms with Gasteiger partial charge in [-0.1, -0.05) is 0 Å². The average Bonchev–Trinajstić information content (AvgIpc) is 2.27. The Bertz CT molecular complexity index is 446. The van der Waals surface area contributed by atoms with E-state index in [2.05, 4.69) is 0 Å². The summed E-state index contributed by atoms with van der Waals surface area (Å²) in [5, 5.41) is 10.7. The van der Waals surface area contributed by atoms with E-state index in [4.69, 9.17) is 5.73 Å². The van der Waals surface area contributed by atoms with Crippen molar-refractivity contribution >= 4 is 11.6 Å². The normalized spacial score (nSPS) is 10.1. The lowest BCUT2D eigenvalue weighted by atomic mass is 10.1. The predicted octanol–water partition coefficient (Wildman–Crippen LogP) is 0.934. The maximum atomic E-state index is 11.9. The second-order valence-corrected chi connectivity index (χ2v) is 3.83. The van der Waals surface area contributed by atoms with Crippen molar-refractivity contribution in [2.75, 3.05) is 20.1 Å². The van der Waals surface area contributed by atoms with E-state index in [-0.39, 0.29) is 11.6 Å². The van der Waals surface area contributed by atoms with E-state index >= 15 is 0 Å². The van der Waals surface area contributed by atoms with Gasteiger partial charge in [0.2, 0.25) is 0 Å². The number of hydrogen-bond acceptors (Lipinski definition) is 4. The highest BCUT2D eigenvalue weighted by Gasteiger charge is 2.15. The van der Waals surface area contributed by atoms with Gasteiger partial charge in [0.1, 0.15) is 0 Å². The van der Waals surface area contributed by atoms with Crippen LogP contribution < -0.4 is 5.73 Å². The maximum Gasteiger partial charge on any atom is 0.270 e. The van der Waals surface area contributed by atoms with Crippen LogP contribution in [0, 0.1) is 17.0 Å². The molecule has 0 saturated heterocycles. The third-order valence-corrected chi connectivity index (χ3v) is 2.33. The minimum atomic E-state index is -0.507. The van der Waals surface area contributed by atoms with Crippen LogP contribution in [-0.2, 0) is 0 Å². The minimum Gasteiger partial charge on any atom is -0.340 e. The maximum absolute atomic E-state index is 11.9. The first-order valence-corrected chi connectivity index (χ1v) is 5.17. The Balaban J connectivity index is 3.05. The molecule has 17 heavy (non-hydrogen) atoms. The molecule has 0 aliphatic carbocycles. The minimum absolute atomic E-state index is 0.0745. The Morgan fingerprint density at radius 2 is 2.12 bits per heavy atom. The molecular formula is C11H15N3O3. The number of nitro benzene ring substituents is 1. The molecule has 1 aromatic rings. The number of carbonyl (C=O) groups excluding carboxylic acids is 1. The molecule has 0 aromatic heterocycles. The summed E-state index contributed by atoms with van der Waals surface area (Å²) in [6.07, 6.45) is 0. The van der Waals surface area contributed by atoms with Crippen LogP contribution in [0.4, 0.5) is 5.69 Å². The standard InChI is InChI=1S/C11H15N3O3/c1-8-5-9(7-10(6-8)14(16)17)11(15)13(2)4-3-12/h5-7H,3-4,12H2,1-2H3. The monoisotopic (exact) mass is 237 g/mol. The molecule has 1 aromatic carbocycles. The lowest BCUT2D eigenvalue weighted by Crippen LogP contribution is -2.31. The van der Waals surface area contributed by atoms with Crippen LogP contribution in [0.5, 0.6) is 0 Å². The van der Waals surface area contributed by atoms with Gasteiger partial charge in [-0.3, -0.25) is 14.9 Å². The third-order valence-electron chi connectivity index (χ3n) is 2.33. The summed E-state index contributed by atoms with van der Waals surface area (Å²) in [5.74, 6) is -0.262. The molecule has 0 bridgehead atoms. The van der Waals surface area contributed by atoms with Gasteiger partial charge in [0.15, 0.2) is 0 Å². The summed E-state index contributed by atoms with van der Waals surface area (Å²) in [4.78, 5) is 23.5. The van der Waals surface area contributed by atoms with Gasteiger partial charge in [-0.15, -0.1) is 0 Å². The van der Waals surface area contributed by atoms with E-state index in [1.807, 2.05) is 0 Å². The first-order chi connectivity index (χ1) is 7.95. The van der Waals surface area contributed by atoms with Gasteiger partial charge in [0.05, 0.1) is 4.92 Å². The van der Waals surface area contributed by atoms with E-state index in [9.17, 15) is 14.9 Å². The number of amides is 1. The number of aryl methyl sites for hydroxylation is 1. The first kappa shape index (κ1) is 13.1. The van der Waals surface area contributed by atoms with Crippen LogP contribution in [0.25, 0.3) is 0 Å². The molecule has 6 heteroatoms. The number of carbonyl (C=O) groups is 1. The fraction of sp³-hybridized carbons (Fsp3) is 0.364. The number of nitrogens with two attached hydrogens (primary N) is 1. The van der Waals surface area contributed by atoms with Crippen molar-refractivity contribution in [3.8, 4) is 0 Å². The summed E-state index contributed by atoms with van der Waals surface area (Å²) < 4.78 is 0. The molecule has 0 aliphatic rings. The highest BCUT2D eigenvalue weighted by Crippen LogP contribution is 2.17. The van der Waals surface area contributed by atoms with Crippen molar-refractivity contribution in [2.45, 2.75) is 6.92 Å². The van der Waals surface area contributed by atoms with E-state index in [0.717, 1.165) is 0 Å². The molecule has 0 unspecified atom stereocenters. The molecule has 0 saturated carbocycles. The van der Waals surface area contributed by atoms with Crippen molar-refractivity contribution < 1.29 is 9.72 Å². The number of non-ortho nitro benzene ring substituents is 1. The topological polar surface area (TPSA) is 89.5 Å². The van der Waals surface area contributed by atoms with E-state index in [0.29, 0.717) is 24.2 Å². The molecule has 1 rings (SSSR count). The Labute approximate surface area is 99.2 Å². The van der Waals surface area contributed by atoms with E-state index < -0.39 is 4.92 Å². The number of nitro groups is 1. The molecule has 2 N–H and O–H groups in total. The Hall–Kier alpha value is -1.95. The van der Waals surface area contributed by atoms with Crippen molar-refractivity contribution in [1.29, 1.82) is 0 Å². The van der Waals surface area contributed by atoms with Gasteiger partial charge in [-0.2, -0.15) is 0 Å². The summed E-state index contributed by atoms with van der Waals surface area (Å²) in [5.41, 5.74) is 6.27. The van der Waals surface area contributed by atoms with Crippen LogP contribution in [0.1, 0.15) is 15.9 Å². The largest absolute Gasteiger partial charge is 0.340 e. The van der Waals surface area contributed by atoms with Gasteiger partial charge in [0.25, 0.3) is 11.6 Å². The Morgan fingerprint density at radius 3 is 2.65 bits per heavy atom. The second-order valence-electron chi connectivity index (χ2n) is 3.83. The molecule has 92 valence electrons. The lowest BCUT2D eigenvalue weighted by Gasteiger charge is -2.16. The molecule has 6 nitrogen and oxygen atoms in total. The molecule has 0 atom stereocenters. The smallest absolute Gasteiger partial charge is 0.270 e. The number of likely N-dealkylation sites (N-methyl/N-ethyl adjacent to an activating group) is 1. The van der Waals surface area contributed by atoms with E-state index in [1.54, 1.807) is 20.0 Å². The van der Waals surface area contributed by atoms with Crippen molar-refractivity contribution in [3.63, 3.8) is 0 Å². The second kappa shape index (κ2) is 5.40. The average molecular weight is 237 g/mol. The Morgan fingerprint density at radius 1 is 1.47 bits per heavy atom. The lowest BCUT2D eigenvalue weighted by molar-refractivity contribution is -0.384. The SMILES string of the molecule is Cc1cc(C(=O)N(C)CCN)cc([N+](=O)[O-])c1. The van der Waals surface area contributed by atoms with Crippen molar-refractivity contribution in [2.24, 2.45) is 5.73 Å². The Kier molecular flexibility index (Phi) is 4.17. The fourth-order valence-electron chi connectivity index (χ4n) is 1.51. The van der Waals surface area contributed by atoms with Gasteiger partial charge in [0, 0.05) is 37.8 Å². The summed E-state index contributed by atoms with van der Waals surface area (Å²) in [6, 6.07) is 4.34. The number of benzene rings is 1. The van der Waals surface area contributed by atoms with Gasteiger partial charge < -0.3 is 10.6 Å². The summed E-state index contributed by atoms with van der Waals surface area (Å²) in [7, 11) is 1.61. The molecular weight excluding hydrogens is 222 g/mol. The van der Waals surface area contributed by atoms with Gasteiger partial charge in [-0.05, 0) is 18.6 Å². The molecule has 0 radical (unpaired) electrons. The van der Waals surface area contributed by atoms with Crippen molar-refractivity contribution in [3.05, 3.63) is 39.4 Å². The quantitative estimate of drug-likeness (QED) is 0.623. The van der Waals surface area contributed by atoms with Gasteiger partial charge in [-0.25, -0.2) is 0 Å². The fourth-order valence-corrected chi connectivity index (χ4v) is 1.51. The third kappa shape index (κ3) is 3.25. The first-order valence-electron chi connectivity index (χ1n) is 5.17. The van der Waals surface area contributed by atoms with Gasteiger partial charge >= 0.3 is 0 Å². The van der Waals surface area contributed by atoms with Crippen molar-refractivity contribution in [1.82, 2.24) is 4.90 Å². The highest BCUT2D eigenvalue weighted by molar-refractivity contribution is 5.94. The molecule has 0 aliphatic heterocycles. The van der Waals surface area contributed by atoms with Crippen LogP contribution in [0.15, 0.2) is 18.2 Å². The molecule has 0 fully saturated rings. The highest BCUT2D eigenvalue weighted by atomic mass is 16.6. The predicted molar refractivity (Wildman–Crippen MR) is 63.8 cm³/mol. The van der Waals surface area contributed by atoms with E-state index in [1.165, 1.54) is 17.0 Å². The zero-order chi connectivity index (χ0) is 13.0. The van der Waals surface area contributed by atoms with Crippen LogP contribution in [-0.4, -0.2) is 35.9 Å². The zero-order valence-electron chi connectivity index (χ0n) is 9.84.